The maximum atomic E-state index is 12.6. The van der Waals surface area contributed by atoms with E-state index in [0.717, 1.165) is 33.3 Å². The van der Waals surface area contributed by atoms with Crippen molar-refractivity contribution < 1.29 is 9.21 Å². The van der Waals surface area contributed by atoms with Crippen LogP contribution in [0.3, 0.4) is 0 Å². The average Bonchev–Trinajstić information content (AvgIpc) is 3.25. The van der Waals surface area contributed by atoms with Crippen LogP contribution in [0, 0.1) is 20.8 Å². The van der Waals surface area contributed by atoms with Gasteiger partial charge < -0.3 is 14.3 Å². The Morgan fingerprint density at radius 2 is 1.96 bits per heavy atom. The van der Waals surface area contributed by atoms with E-state index in [1.165, 1.54) is 0 Å². The lowest BCUT2D eigenvalue weighted by atomic mass is 10.1. The summed E-state index contributed by atoms with van der Waals surface area (Å²) in [6.45, 7) is 6.03. The SMILES string of the molecule is Cc1nnc(-c2ccc3ccn(CC(=O)Nc4cccc(C)c4C)c3c2)o1. The van der Waals surface area contributed by atoms with Crippen molar-refractivity contribution in [3.8, 4) is 11.5 Å². The minimum absolute atomic E-state index is 0.0692. The molecule has 1 amide bonds. The number of carbonyl (C=O) groups excluding carboxylic acids is 1. The Morgan fingerprint density at radius 1 is 1.11 bits per heavy atom. The first kappa shape index (κ1) is 17.0. The number of anilines is 1. The van der Waals surface area contributed by atoms with Crippen LogP contribution in [-0.4, -0.2) is 20.7 Å². The van der Waals surface area contributed by atoms with E-state index in [1.807, 2.05) is 67.1 Å². The van der Waals surface area contributed by atoms with Crippen LogP contribution in [0.4, 0.5) is 5.69 Å². The molecule has 27 heavy (non-hydrogen) atoms. The van der Waals surface area contributed by atoms with Gasteiger partial charge in [0.15, 0.2) is 0 Å². The summed E-state index contributed by atoms with van der Waals surface area (Å²) in [5.74, 6) is 0.926. The van der Waals surface area contributed by atoms with Gasteiger partial charge in [0.05, 0.1) is 0 Å². The summed E-state index contributed by atoms with van der Waals surface area (Å²) in [6.07, 6.45) is 1.91. The zero-order valence-corrected chi connectivity index (χ0v) is 15.5. The number of rotatable bonds is 4. The summed E-state index contributed by atoms with van der Waals surface area (Å²) < 4.78 is 7.43. The molecule has 1 N–H and O–H groups in total. The van der Waals surface area contributed by atoms with Crippen LogP contribution in [0.25, 0.3) is 22.4 Å². The van der Waals surface area contributed by atoms with Crippen LogP contribution in [-0.2, 0) is 11.3 Å². The third-order valence-corrected chi connectivity index (χ3v) is 4.74. The lowest BCUT2D eigenvalue weighted by Gasteiger charge is -2.11. The van der Waals surface area contributed by atoms with Crippen molar-refractivity contribution >= 4 is 22.5 Å². The molecule has 6 heteroatoms. The molecule has 4 aromatic rings. The Kier molecular flexibility index (Phi) is 4.24. The number of fused-ring (bicyclic) bond motifs is 1. The van der Waals surface area contributed by atoms with Gasteiger partial charge in [0.2, 0.25) is 17.7 Å². The van der Waals surface area contributed by atoms with Gasteiger partial charge in [0.25, 0.3) is 0 Å². The van der Waals surface area contributed by atoms with Gasteiger partial charge in [-0.15, -0.1) is 10.2 Å². The zero-order valence-electron chi connectivity index (χ0n) is 15.5. The van der Waals surface area contributed by atoms with E-state index in [-0.39, 0.29) is 12.5 Å². The summed E-state index contributed by atoms with van der Waals surface area (Å²) in [5, 5.41) is 12.0. The van der Waals surface area contributed by atoms with Crippen LogP contribution in [0.5, 0.6) is 0 Å². The van der Waals surface area contributed by atoms with Crippen LogP contribution in [0.15, 0.2) is 53.1 Å². The summed E-state index contributed by atoms with van der Waals surface area (Å²) in [4.78, 5) is 12.6. The number of hydrogen-bond acceptors (Lipinski definition) is 4. The molecule has 0 aliphatic rings. The Bertz CT molecular complexity index is 1140. The minimum Gasteiger partial charge on any atom is -0.421 e. The van der Waals surface area contributed by atoms with Crippen LogP contribution < -0.4 is 5.32 Å². The van der Waals surface area contributed by atoms with Crippen molar-refractivity contribution in [2.75, 3.05) is 5.32 Å². The zero-order chi connectivity index (χ0) is 19.0. The van der Waals surface area contributed by atoms with Gasteiger partial charge in [0.1, 0.15) is 6.54 Å². The Labute approximate surface area is 156 Å². The van der Waals surface area contributed by atoms with Crippen molar-refractivity contribution in [1.82, 2.24) is 14.8 Å². The molecule has 0 bridgehead atoms. The Hall–Kier alpha value is -3.41. The third-order valence-electron chi connectivity index (χ3n) is 4.74. The lowest BCUT2D eigenvalue weighted by molar-refractivity contribution is -0.116. The summed E-state index contributed by atoms with van der Waals surface area (Å²) in [7, 11) is 0. The number of aromatic nitrogens is 3. The maximum absolute atomic E-state index is 12.6. The highest BCUT2D eigenvalue weighted by Gasteiger charge is 2.12. The van der Waals surface area contributed by atoms with E-state index in [2.05, 4.69) is 15.5 Å². The molecule has 0 fully saturated rings. The first-order valence-electron chi connectivity index (χ1n) is 8.77. The number of aryl methyl sites for hydroxylation is 2. The number of benzene rings is 2. The molecule has 0 aliphatic carbocycles. The molecular formula is C21H20N4O2. The molecule has 2 aromatic carbocycles. The highest BCUT2D eigenvalue weighted by molar-refractivity contribution is 5.93. The number of nitrogens with zero attached hydrogens (tertiary/aromatic N) is 3. The van der Waals surface area contributed by atoms with Gasteiger partial charge in [0, 0.05) is 29.9 Å². The molecule has 2 aromatic heterocycles. The summed E-state index contributed by atoms with van der Waals surface area (Å²) in [5.41, 5.74) is 4.85. The molecule has 136 valence electrons. The third kappa shape index (κ3) is 3.33. The summed E-state index contributed by atoms with van der Waals surface area (Å²) in [6, 6.07) is 13.8. The molecule has 2 heterocycles. The quantitative estimate of drug-likeness (QED) is 0.590. The van der Waals surface area contributed by atoms with Gasteiger partial charge in [-0.05, 0) is 54.6 Å². The fraction of sp³-hybridized carbons (Fsp3) is 0.190. The molecule has 0 radical (unpaired) electrons. The van der Waals surface area contributed by atoms with Gasteiger partial charge >= 0.3 is 0 Å². The molecule has 0 atom stereocenters. The van der Waals surface area contributed by atoms with Gasteiger partial charge in [-0.1, -0.05) is 18.2 Å². The molecule has 6 nitrogen and oxygen atoms in total. The molecule has 4 rings (SSSR count). The van der Waals surface area contributed by atoms with Crippen LogP contribution in [0.1, 0.15) is 17.0 Å². The average molecular weight is 360 g/mol. The largest absolute Gasteiger partial charge is 0.421 e. The molecule has 0 unspecified atom stereocenters. The predicted octanol–water partition coefficient (Wildman–Crippen LogP) is 4.26. The molecule has 0 aliphatic heterocycles. The second-order valence-corrected chi connectivity index (χ2v) is 6.64. The van der Waals surface area contributed by atoms with E-state index < -0.39 is 0 Å². The van der Waals surface area contributed by atoms with E-state index in [1.54, 1.807) is 6.92 Å². The van der Waals surface area contributed by atoms with Gasteiger partial charge in [-0.2, -0.15) is 0 Å². The topological polar surface area (TPSA) is 73.0 Å². The van der Waals surface area contributed by atoms with E-state index >= 15 is 0 Å². The first-order chi connectivity index (χ1) is 13.0. The van der Waals surface area contributed by atoms with Crippen molar-refractivity contribution in [2.45, 2.75) is 27.3 Å². The van der Waals surface area contributed by atoms with Crippen LogP contribution >= 0.6 is 0 Å². The first-order valence-corrected chi connectivity index (χ1v) is 8.77. The Balaban J connectivity index is 1.60. The van der Waals surface area contributed by atoms with Crippen LogP contribution in [0.2, 0.25) is 0 Å². The highest BCUT2D eigenvalue weighted by Crippen LogP contribution is 2.25. The number of carbonyl (C=O) groups is 1. The van der Waals surface area contributed by atoms with Crippen molar-refractivity contribution in [3.05, 3.63) is 65.7 Å². The number of amides is 1. The monoisotopic (exact) mass is 360 g/mol. The summed E-state index contributed by atoms with van der Waals surface area (Å²) >= 11 is 0. The molecule has 0 saturated carbocycles. The second kappa shape index (κ2) is 6.72. The fourth-order valence-corrected chi connectivity index (χ4v) is 3.10. The van der Waals surface area contributed by atoms with Gasteiger partial charge in [-0.25, -0.2) is 0 Å². The van der Waals surface area contributed by atoms with Crippen molar-refractivity contribution in [1.29, 1.82) is 0 Å². The molecule has 0 saturated heterocycles. The molecular weight excluding hydrogens is 340 g/mol. The predicted molar refractivity (Wildman–Crippen MR) is 105 cm³/mol. The highest BCUT2D eigenvalue weighted by atomic mass is 16.4. The maximum Gasteiger partial charge on any atom is 0.247 e. The normalized spacial score (nSPS) is 11.1. The molecule has 0 spiro atoms. The standard InChI is InChI=1S/C21H20N4O2/c1-13-5-4-6-18(14(13)2)22-20(26)12-25-10-9-16-7-8-17(11-19(16)25)21-24-23-15(3)27-21/h4-11H,12H2,1-3H3,(H,22,26). The number of nitrogens with one attached hydrogen (secondary N) is 1. The van der Waals surface area contributed by atoms with E-state index in [0.29, 0.717) is 11.8 Å². The fourth-order valence-electron chi connectivity index (χ4n) is 3.10. The van der Waals surface area contributed by atoms with E-state index in [9.17, 15) is 4.79 Å². The van der Waals surface area contributed by atoms with Crippen molar-refractivity contribution in [3.63, 3.8) is 0 Å². The second-order valence-electron chi connectivity index (χ2n) is 6.64. The number of hydrogen-bond donors (Lipinski definition) is 1. The Morgan fingerprint density at radius 3 is 2.74 bits per heavy atom. The van der Waals surface area contributed by atoms with Gasteiger partial charge in [-0.3, -0.25) is 4.79 Å². The van der Waals surface area contributed by atoms with Crippen molar-refractivity contribution in [2.24, 2.45) is 0 Å². The minimum atomic E-state index is -0.0692. The van der Waals surface area contributed by atoms with E-state index in [4.69, 9.17) is 4.42 Å². The smallest absolute Gasteiger partial charge is 0.247 e. The lowest BCUT2D eigenvalue weighted by Crippen LogP contribution is -2.18.